The number of benzene rings is 3. The van der Waals surface area contributed by atoms with E-state index in [4.69, 9.17) is 9.47 Å². The van der Waals surface area contributed by atoms with Crippen molar-refractivity contribution in [1.29, 1.82) is 0 Å². The van der Waals surface area contributed by atoms with Crippen molar-refractivity contribution in [2.75, 3.05) is 17.5 Å². The molecule has 0 aliphatic rings. The Morgan fingerprint density at radius 1 is 0.944 bits per heavy atom. The topological polar surface area (TPSA) is 114 Å². The van der Waals surface area contributed by atoms with Crippen LogP contribution < -0.4 is 19.2 Å². The van der Waals surface area contributed by atoms with Crippen LogP contribution in [0.25, 0.3) is 0 Å². The second-order valence-corrected chi connectivity index (χ2v) is 9.57. The Morgan fingerprint density at radius 2 is 1.56 bits per heavy atom. The quantitative estimate of drug-likeness (QED) is 0.193. The number of carbonyl (C=O) groups is 2. The molecule has 0 spiro atoms. The fourth-order valence-electron chi connectivity index (χ4n) is 3.16. The second kappa shape index (κ2) is 12.0. The maximum atomic E-state index is 13.4. The number of nitrogens with one attached hydrogen (secondary N) is 1. The third-order valence-electron chi connectivity index (χ3n) is 4.88. The smallest absolute Gasteiger partial charge is 0.308 e. The Labute approximate surface area is 210 Å². The second-order valence-electron chi connectivity index (χ2n) is 7.71. The summed E-state index contributed by atoms with van der Waals surface area (Å²) in [5.74, 6) is -0.0904. The summed E-state index contributed by atoms with van der Waals surface area (Å²) in [4.78, 5) is 23.8. The fourth-order valence-corrected chi connectivity index (χ4v) is 4.58. The number of amides is 1. The zero-order valence-electron chi connectivity index (χ0n) is 20.2. The van der Waals surface area contributed by atoms with Crippen molar-refractivity contribution in [3.05, 3.63) is 83.9 Å². The SMILES string of the molecule is CCOc1ccc(N(CC(=O)N/N=C/c2ccc(OC(C)=O)cc2)S(=O)(=O)c2ccc(C)cc2)cc1. The van der Waals surface area contributed by atoms with Crippen LogP contribution >= 0.6 is 0 Å². The number of hydrogen-bond donors (Lipinski definition) is 1. The van der Waals surface area contributed by atoms with Crippen LogP contribution in [0.4, 0.5) is 5.69 Å². The van der Waals surface area contributed by atoms with E-state index in [1.54, 1.807) is 60.7 Å². The molecular formula is C26H27N3O6S. The van der Waals surface area contributed by atoms with E-state index in [1.165, 1.54) is 25.3 Å². The highest BCUT2D eigenvalue weighted by molar-refractivity contribution is 7.92. The Morgan fingerprint density at radius 3 is 2.14 bits per heavy atom. The maximum Gasteiger partial charge on any atom is 0.308 e. The summed E-state index contributed by atoms with van der Waals surface area (Å²) in [5, 5.41) is 3.91. The molecule has 1 N–H and O–H groups in total. The molecule has 3 rings (SSSR count). The average Bonchev–Trinajstić information content (AvgIpc) is 2.84. The zero-order chi connectivity index (χ0) is 26.1. The highest BCUT2D eigenvalue weighted by atomic mass is 32.2. The third kappa shape index (κ3) is 7.16. The first kappa shape index (κ1) is 26.4. The summed E-state index contributed by atoms with van der Waals surface area (Å²) >= 11 is 0. The minimum absolute atomic E-state index is 0.0613. The van der Waals surface area contributed by atoms with Gasteiger partial charge in [0.05, 0.1) is 23.4 Å². The monoisotopic (exact) mass is 509 g/mol. The molecule has 0 fully saturated rings. The highest BCUT2D eigenvalue weighted by Gasteiger charge is 2.27. The largest absolute Gasteiger partial charge is 0.494 e. The van der Waals surface area contributed by atoms with Crippen molar-refractivity contribution in [2.45, 2.75) is 25.7 Å². The predicted molar refractivity (Wildman–Crippen MR) is 137 cm³/mol. The molecule has 10 heteroatoms. The van der Waals surface area contributed by atoms with Gasteiger partial charge in [0.1, 0.15) is 18.0 Å². The Hall–Kier alpha value is -4.18. The van der Waals surface area contributed by atoms with Gasteiger partial charge in [-0.25, -0.2) is 13.8 Å². The van der Waals surface area contributed by atoms with Gasteiger partial charge in [-0.15, -0.1) is 0 Å². The van der Waals surface area contributed by atoms with E-state index in [0.717, 1.165) is 9.87 Å². The summed E-state index contributed by atoms with van der Waals surface area (Å²) in [6.45, 7) is 4.99. The standard InChI is InChI=1S/C26H27N3O6S/c1-4-34-23-13-9-22(10-14-23)29(36(32,33)25-15-5-19(2)6-16-25)18-26(31)28-27-17-21-7-11-24(12-8-21)35-20(3)30/h5-17H,4,18H2,1-3H3,(H,28,31)/b27-17+. The predicted octanol–water partition coefficient (Wildman–Crippen LogP) is 3.66. The number of ether oxygens (including phenoxy) is 2. The van der Waals surface area contributed by atoms with Crippen molar-refractivity contribution in [3.8, 4) is 11.5 Å². The van der Waals surface area contributed by atoms with E-state index in [9.17, 15) is 18.0 Å². The molecule has 0 aromatic heterocycles. The van der Waals surface area contributed by atoms with E-state index >= 15 is 0 Å². The summed E-state index contributed by atoms with van der Waals surface area (Å²) in [7, 11) is -4.04. The Balaban J connectivity index is 1.78. The van der Waals surface area contributed by atoms with E-state index in [-0.39, 0.29) is 4.90 Å². The molecule has 0 bridgehead atoms. The molecule has 0 unspecified atom stereocenters. The number of anilines is 1. The van der Waals surface area contributed by atoms with Crippen LogP contribution in [0.1, 0.15) is 25.0 Å². The molecule has 188 valence electrons. The lowest BCUT2D eigenvalue weighted by atomic mass is 10.2. The minimum atomic E-state index is -4.04. The lowest BCUT2D eigenvalue weighted by Gasteiger charge is -2.24. The zero-order valence-corrected chi connectivity index (χ0v) is 21.0. The highest BCUT2D eigenvalue weighted by Crippen LogP contribution is 2.26. The number of hydrogen-bond acceptors (Lipinski definition) is 7. The average molecular weight is 510 g/mol. The molecule has 3 aromatic carbocycles. The van der Waals surface area contributed by atoms with Crippen LogP contribution in [0.2, 0.25) is 0 Å². The molecule has 0 aliphatic carbocycles. The number of rotatable bonds is 10. The number of esters is 1. The van der Waals surface area contributed by atoms with E-state index in [2.05, 4.69) is 10.5 Å². The van der Waals surface area contributed by atoms with Crippen molar-refractivity contribution >= 4 is 33.8 Å². The van der Waals surface area contributed by atoms with Gasteiger partial charge in [-0.3, -0.25) is 13.9 Å². The van der Waals surface area contributed by atoms with Gasteiger partial charge in [-0.2, -0.15) is 5.10 Å². The molecule has 0 radical (unpaired) electrons. The first-order chi connectivity index (χ1) is 17.2. The van der Waals surface area contributed by atoms with Gasteiger partial charge in [-0.1, -0.05) is 17.7 Å². The summed E-state index contributed by atoms with van der Waals surface area (Å²) in [6.07, 6.45) is 1.39. The molecule has 9 nitrogen and oxygen atoms in total. The lowest BCUT2D eigenvalue weighted by molar-refractivity contribution is -0.131. The van der Waals surface area contributed by atoms with Crippen LogP contribution in [0, 0.1) is 6.92 Å². The van der Waals surface area contributed by atoms with Crippen molar-refractivity contribution in [3.63, 3.8) is 0 Å². The van der Waals surface area contributed by atoms with Gasteiger partial charge in [0.2, 0.25) is 0 Å². The molecule has 36 heavy (non-hydrogen) atoms. The van der Waals surface area contributed by atoms with E-state index in [1.807, 2.05) is 13.8 Å². The molecule has 3 aromatic rings. The molecule has 0 saturated carbocycles. The summed E-state index contributed by atoms with van der Waals surface area (Å²) < 4.78 is 38.3. The molecule has 0 aliphatic heterocycles. The lowest BCUT2D eigenvalue weighted by Crippen LogP contribution is -2.39. The number of aryl methyl sites for hydroxylation is 1. The van der Waals surface area contributed by atoms with Crippen molar-refractivity contribution in [1.82, 2.24) is 5.43 Å². The van der Waals surface area contributed by atoms with Crippen LogP contribution in [0.3, 0.4) is 0 Å². The molecule has 0 heterocycles. The number of nitrogens with zero attached hydrogens (tertiary/aromatic N) is 2. The first-order valence-corrected chi connectivity index (χ1v) is 12.6. The number of hydrazone groups is 1. The van der Waals surface area contributed by atoms with E-state index in [0.29, 0.717) is 29.4 Å². The van der Waals surface area contributed by atoms with E-state index < -0.39 is 28.4 Å². The summed E-state index contributed by atoms with van der Waals surface area (Å²) in [6, 6.07) is 19.3. The van der Waals surface area contributed by atoms with Crippen LogP contribution in [-0.4, -0.2) is 39.7 Å². The molecule has 0 saturated heterocycles. The van der Waals surface area contributed by atoms with Gasteiger partial charge in [-0.05, 0) is 80.1 Å². The van der Waals surface area contributed by atoms with Crippen LogP contribution in [0.15, 0.2) is 82.8 Å². The molecular weight excluding hydrogens is 482 g/mol. The maximum absolute atomic E-state index is 13.4. The number of sulfonamides is 1. The van der Waals surface area contributed by atoms with Crippen molar-refractivity contribution < 1.29 is 27.5 Å². The van der Waals surface area contributed by atoms with Gasteiger partial charge < -0.3 is 9.47 Å². The summed E-state index contributed by atoms with van der Waals surface area (Å²) in [5.41, 5.74) is 4.21. The third-order valence-corrected chi connectivity index (χ3v) is 6.66. The normalized spacial score (nSPS) is 11.2. The van der Waals surface area contributed by atoms with Gasteiger partial charge in [0, 0.05) is 6.92 Å². The van der Waals surface area contributed by atoms with Crippen LogP contribution in [0.5, 0.6) is 11.5 Å². The Kier molecular flexibility index (Phi) is 8.80. The molecule has 1 amide bonds. The van der Waals surface area contributed by atoms with Crippen molar-refractivity contribution in [2.24, 2.45) is 5.10 Å². The Bertz CT molecular complexity index is 1320. The van der Waals surface area contributed by atoms with Gasteiger partial charge in [0.25, 0.3) is 15.9 Å². The molecule has 0 atom stereocenters. The number of carbonyl (C=O) groups excluding carboxylic acids is 2. The van der Waals surface area contributed by atoms with Crippen LogP contribution in [-0.2, 0) is 19.6 Å². The minimum Gasteiger partial charge on any atom is -0.494 e. The van der Waals surface area contributed by atoms with Gasteiger partial charge >= 0.3 is 5.97 Å². The first-order valence-electron chi connectivity index (χ1n) is 11.1. The fraction of sp³-hybridized carbons (Fsp3) is 0.192. The van der Waals surface area contributed by atoms with Gasteiger partial charge in [0.15, 0.2) is 0 Å².